The van der Waals surface area contributed by atoms with Gasteiger partial charge >= 0.3 is 6.18 Å². The van der Waals surface area contributed by atoms with Crippen molar-refractivity contribution < 1.29 is 18.3 Å². The molecule has 3 N–H and O–H groups in total. The molecule has 0 aliphatic rings. The van der Waals surface area contributed by atoms with Crippen molar-refractivity contribution in [1.82, 2.24) is 9.97 Å². The lowest BCUT2D eigenvalue weighted by atomic mass is 10.3. The minimum atomic E-state index is -4.63. The Labute approximate surface area is 89.7 Å². The van der Waals surface area contributed by atoms with Crippen molar-refractivity contribution in [3.8, 4) is 0 Å². The van der Waals surface area contributed by atoms with E-state index in [1.165, 1.54) is 12.3 Å². The molecule has 0 radical (unpaired) electrons. The molecule has 1 heterocycles. The molecular weight excluding hydrogens is 225 g/mol. The summed E-state index contributed by atoms with van der Waals surface area (Å²) >= 11 is 0. The molecular formula is C8H11F3N4O. The first-order valence-corrected chi connectivity index (χ1v) is 4.43. The molecule has 1 unspecified atom stereocenters. The van der Waals surface area contributed by atoms with Crippen LogP contribution in [0.25, 0.3) is 0 Å². The quantitative estimate of drug-likeness (QED) is 0.723. The lowest BCUT2D eigenvalue weighted by Gasteiger charge is -2.15. The van der Waals surface area contributed by atoms with Gasteiger partial charge < -0.3 is 15.7 Å². The lowest BCUT2D eigenvalue weighted by Crippen LogP contribution is -2.35. The van der Waals surface area contributed by atoms with E-state index in [1.807, 2.05) is 0 Å². The van der Waals surface area contributed by atoms with Gasteiger partial charge in [-0.3, -0.25) is 0 Å². The van der Waals surface area contributed by atoms with E-state index < -0.39 is 18.8 Å². The summed E-state index contributed by atoms with van der Waals surface area (Å²) in [6, 6.07) is 1.41. The summed E-state index contributed by atoms with van der Waals surface area (Å²) in [5.74, 6) is 0.495. The number of nitrogens with zero attached hydrogens (tertiary/aromatic N) is 2. The molecule has 8 heteroatoms. The molecule has 1 atom stereocenters. The fourth-order valence-electron chi connectivity index (χ4n) is 0.895. The number of alkyl halides is 3. The second-order valence-corrected chi connectivity index (χ2v) is 2.95. The van der Waals surface area contributed by atoms with Crippen LogP contribution in [0.3, 0.4) is 0 Å². The molecule has 1 aromatic rings. The molecule has 5 nitrogen and oxygen atoms in total. The van der Waals surface area contributed by atoms with Crippen molar-refractivity contribution >= 4 is 11.8 Å². The van der Waals surface area contributed by atoms with Gasteiger partial charge in [0.25, 0.3) is 0 Å². The number of aliphatic hydroxyl groups is 1. The molecule has 0 saturated heterocycles. The molecule has 0 saturated carbocycles. The minimum Gasteiger partial charge on any atom is -0.382 e. The zero-order chi connectivity index (χ0) is 12.2. The summed E-state index contributed by atoms with van der Waals surface area (Å²) in [6.45, 7) is -0.649. The van der Waals surface area contributed by atoms with Crippen LogP contribution < -0.4 is 10.6 Å². The second-order valence-electron chi connectivity index (χ2n) is 2.95. The average molecular weight is 236 g/mol. The van der Waals surface area contributed by atoms with Gasteiger partial charge in [-0.2, -0.15) is 18.2 Å². The number of halogens is 3. The van der Waals surface area contributed by atoms with Crippen molar-refractivity contribution in [2.75, 3.05) is 24.2 Å². The van der Waals surface area contributed by atoms with Crippen LogP contribution >= 0.6 is 0 Å². The van der Waals surface area contributed by atoms with Gasteiger partial charge in [0.05, 0.1) is 6.54 Å². The Morgan fingerprint density at radius 3 is 2.75 bits per heavy atom. The summed E-state index contributed by atoms with van der Waals surface area (Å²) in [6.07, 6.45) is -5.66. The van der Waals surface area contributed by atoms with Gasteiger partial charge in [-0.1, -0.05) is 0 Å². The molecule has 0 bridgehead atoms. The zero-order valence-corrected chi connectivity index (χ0v) is 8.41. The minimum absolute atomic E-state index is 0.211. The van der Waals surface area contributed by atoms with E-state index in [4.69, 9.17) is 5.11 Å². The number of rotatable bonds is 4. The monoisotopic (exact) mass is 236 g/mol. The van der Waals surface area contributed by atoms with Gasteiger partial charge in [0.15, 0.2) is 6.10 Å². The Bertz CT molecular complexity index is 344. The molecule has 0 spiro atoms. The Hall–Kier alpha value is -1.57. The van der Waals surface area contributed by atoms with E-state index in [-0.39, 0.29) is 11.8 Å². The lowest BCUT2D eigenvalue weighted by molar-refractivity contribution is -0.198. The molecule has 0 aromatic carbocycles. The number of anilines is 2. The smallest absolute Gasteiger partial charge is 0.382 e. The molecule has 0 aliphatic heterocycles. The van der Waals surface area contributed by atoms with Crippen molar-refractivity contribution in [2.45, 2.75) is 12.3 Å². The molecule has 0 fully saturated rings. The van der Waals surface area contributed by atoms with Gasteiger partial charge in [-0.15, -0.1) is 0 Å². The largest absolute Gasteiger partial charge is 0.416 e. The Balaban J connectivity index is 2.54. The van der Waals surface area contributed by atoms with Crippen LogP contribution in [0.2, 0.25) is 0 Å². The van der Waals surface area contributed by atoms with Gasteiger partial charge in [-0.25, -0.2) is 4.98 Å². The Morgan fingerprint density at radius 2 is 2.19 bits per heavy atom. The highest BCUT2D eigenvalue weighted by molar-refractivity contribution is 5.39. The highest BCUT2D eigenvalue weighted by atomic mass is 19.4. The molecule has 1 rings (SSSR count). The first-order valence-electron chi connectivity index (χ1n) is 4.43. The summed E-state index contributed by atoms with van der Waals surface area (Å²) in [7, 11) is 1.59. The fraction of sp³-hybridized carbons (Fsp3) is 0.500. The highest BCUT2D eigenvalue weighted by Crippen LogP contribution is 2.20. The Kier molecular flexibility index (Phi) is 3.88. The number of hydrogen-bond donors (Lipinski definition) is 3. The normalized spacial score (nSPS) is 13.3. The Morgan fingerprint density at radius 1 is 1.50 bits per heavy atom. The van der Waals surface area contributed by atoms with Crippen molar-refractivity contribution in [2.24, 2.45) is 0 Å². The number of hydrogen-bond acceptors (Lipinski definition) is 5. The zero-order valence-electron chi connectivity index (χ0n) is 8.41. The van der Waals surface area contributed by atoms with Crippen LogP contribution in [0.15, 0.2) is 12.3 Å². The summed E-state index contributed by atoms with van der Waals surface area (Å²) in [4.78, 5) is 7.62. The predicted molar refractivity (Wildman–Crippen MR) is 52.1 cm³/mol. The molecule has 0 aliphatic carbocycles. The van der Waals surface area contributed by atoms with Crippen LogP contribution in [-0.4, -0.2) is 40.9 Å². The van der Waals surface area contributed by atoms with Gasteiger partial charge in [0, 0.05) is 13.2 Å². The summed E-state index contributed by atoms with van der Waals surface area (Å²) in [5.41, 5.74) is 0. The van der Waals surface area contributed by atoms with Crippen molar-refractivity contribution in [1.29, 1.82) is 0 Å². The molecule has 1 aromatic heterocycles. The molecule has 0 amide bonds. The number of aliphatic hydroxyl groups excluding tert-OH is 1. The van der Waals surface area contributed by atoms with E-state index in [9.17, 15) is 13.2 Å². The van der Waals surface area contributed by atoms with E-state index in [0.29, 0.717) is 0 Å². The van der Waals surface area contributed by atoms with Crippen molar-refractivity contribution in [3.05, 3.63) is 12.3 Å². The maximum absolute atomic E-state index is 12.0. The molecule has 90 valence electrons. The number of aromatic nitrogens is 2. The van der Waals surface area contributed by atoms with E-state index in [2.05, 4.69) is 20.6 Å². The fourth-order valence-corrected chi connectivity index (χ4v) is 0.895. The third-order valence-electron chi connectivity index (χ3n) is 1.73. The molecule has 16 heavy (non-hydrogen) atoms. The first kappa shape index (κ1) is 12.5. The highest BCUT2D eigenvalue weighted by Gasteiger charge is 2.37. The van der Waals surface area contributed by atoms with Crippen LogP contribution in [0.1, 0.15) is 0 Å². The third-order valence-corrected chi connectivity index (χ3v) is 1.73. The van der Waals surface area contributed by atoms with Crippen molar-refractivity contribution in [3.63, 3.8) is 0 Å². The van der Waals surface area contributed by atoms with Gasteiger partial charge in [0.1, 0.15) is 5.82 Å². The van der Waals surface area contributed by atoms with E-state index in [1.54, 1.807) is 7.05 Å². The van der Waals surface area contributed by atoms with Crippen LogP contribution in [-0.2, 0) is 0 Å². The average Bonchev–Trinajstić information content (AvgIpc) is 2.25. The van der Waals surface area contributed by atoms with Crippen LogP contribution in [0.5, 0.6) is 0 Å². The first-order chi connectivity index (χ1) is 7.43. The second kappa shape index (κ2) is 4.97. The topological polar surface area (TPSA) is 70.1 Å². The van der Waals surface area contributed by atoms with Crippen LogP contribution in [0.4, 0.5) is 24.9 Å². The van der Waals surface area contributed by atoms with Gasteiger partial charge in [0.2, 0.25) is 5.95 Å². The van der Waals surface area contributed by atoms with Gasteiger partial charge in [-0.05, 0) is 6.07 Å². The summed E-state index contributed by atoms with van der Waals surface area (Å²) in [5, 5.41) is 13.7. The maximum atomic E-state index is 12.0. The standard InChI is InChI=1S/C8H11F3N4O/c1-12-7-13-3-2-6(15-7)14-4-5(16)8(9,10)11/h2-3,5,16H,4H2,1H3,(H2,12,13,14,15). The van der Waals surface area contributed by atoms with Crippen LogP contribution in [0, 0.1) is 0 Å². The number of nitrogens with one attached hydrogen (secondary N) is 2. The summed E-state index contributed by atoms with van der Waals surface area (Å²) < 4.78 is 35.9. The van der Waals surface area contributed by atoms with E-state index >= 15 is 0 Å². The maximum Gasteiger partial charge on any atom is 0.416 e. The predicted octanol–water partition coefficient (Wildman–Crippen LogP) is 0.853. The third kappa shape index (κ3) is 3.54. The van der Waals surface area contributed by atoms with E-state index in [0.717, 1.165) is 0 Å². The SMILES string of the molecule is CNc1nccc(NCC(O)C(F)(F)F)n1.